The molecule has 13 heavy (non-hydrogen) atoms. The first-order valence-corrected chi connectivity index (χ1v) is 5.04. The number of nitrogens with two attached hydrogens (primary N) is 1. The van der Waals surface area contributed by atoms with Crippen molar-refractivity contribution < 1.29 is 4.74 Å². The highest BCUT2D eigenvalue weighted by Crippen LogP contribution is 2.01. The molecule has 1 aliphatic heterocycles. The molecule has 1 unspecified atom stereocenters. The van der Waals surface area contributed by atoms with Crippen molar-refractivity contribution in [3.05, 3.63) is 0 Å². The summed E-state index contributed by atoms with van der Waals surface area (Å²) in [5, 5.41) is 3.34. The summed E-state index contributed by atoms with van der Waals surface area (Å²) in [5.41, 5.74) is 5.39. The van der Waals surface area contributed by atoms with E-state index in [1.807, 2.05) is 0 Å². The minimum Gasteiger partial charge on any atom is -0.374 e. The van der Waals surface area contributed by atoms with E-state index >= 15 is 0 Å². The third-order valence-electron chi connectivity index (χ3n) is 2.27. The summed E-state index contributed by atoms with van der Waals surface area (Å²) >= 11 is 0. The van der Waals surface area contributed by atoms with Crippen molar-refractivity contribution in [3.8, 4) is 0 Å². The molecule has 0 aromatic heterocycles. The normalized spacial score (nSPS) is 24.9. The van der Waals surface area contributed by atoms with Gasteiger partial charge in [0.1, 0.15) is 0 Å². The van der Waals surface area contributed by atoms with Gasteiger partial charge in [0.2, 0.25) is 0 Å². The molecule has 4 heteroatoms. The number of hydrogen-bond acceptors (Lipinski definition) is 4. The van der Waals surface area contributed by atoms with Crippen LogP contribution in [0.4, 0.5) is 0 Å². The van der Waals surface area contributed by atoms with E-state index in [2.05, 4.69) is 17.3 Å². The largest absolute Gasteiger partial charge is 0.374 e. The van der Waals surface area contributed by atoms with Crippen LogP contribution in [-0.4, -0.2) is 57.4 Å². The molecule has 3 N–H and O–H groups in total. The SMILES string of the molecule is CN1CCOC(CNCCCN)C1. The Morgan fingerprint density at radius 1 is 1.62 bits per heavy atom. The minimum absolute atomic E-state index is 0.358. The molecule has 1 aliphatic rings. The van der Waals surface area contributed by atoms with Crippen molar-refractivity contribution in [1.29, 1.82) is 0 Å². The van der Waals surface area contributed by atoms with Crippen LogP contribution >= 0.6 is 0 Å². The topological polar surface area (TPSA) is 50.5 Å². The second-order valence-electron chi connectivity index (χ2n) is 3.60. The second-order valence-corrected chi connectivity index (χ2v) is 3.60. The van der Waals surface area contributed by atoms with Crippen molar-refractivity contribution in [3.63, 3.8) is 0 Å². The number of hydrogen-bond donors (Lipinski definition) is 2. The Labute approximate surface area is 80.4 Å². The third kappa shape index (κ3) is 4.57. The zero-order valence-corrected chi connectivity index (χ0v) is 8.46. The molecule has 0 saturated carbocycles. The van der Waals surface area contributed by atoms with Gasteiger partial charge < -0.3 is 20.7 Å². The zero-order chi connectivity index (χ0) is 9.52. The predicted molar refractivity (Wildman–Crippen MR) is 53.8 cm³/mol. The summed E-state index contributed by atoms with van der Waals surface area (Å²) in [4.78, 5) is 2.30. The van der Waals surface area contributed by atoms with Crippen molar-refractivity contribution in [1.82, 2.24) is 10.2 Å². The molecule has 1 atom stereocenters. The lowest BCUT2D eigenvalue weighted by atomic mass is 10.3. The maximum absolute atomic E-state index is 5.59. The molecule has 1 fully saturated rings. The maximum atomic E-state index is 5.59. The van der Waals surface area contributed by atoms with Crippen molar-refractivity contribution in [2.75, 3.05) is 46.4 Å². The summed E-state index contributed by atoms with van der Waals surface area (Å²) < 4.78 is 5.59. The number of nitrogens with one attached hydrogen (secondary N) is 1. The van der Waals surface area contributed by atoms with Crippen LogP contribution in [0.2, 0.25) is 0 Å². The average Bonchev–Trinajstić information content (AvgIpc) is 2.13. The van der Waals surface area contributed by atoms with E-state index in [9.17, 15) is 0 Å². The number of rotatable bonds is 5. The summed E-state index contributed by atoms with van der Waals surface area (Å²) in [5.74, 6) is 0. The molecule has 0 aliphatic carbocycles. The van der Waals surface area contributed by atoms with E-state index < -0.39 is 0 Å². The number of ether oxygens (including phenoxy) is 1. The summed E-state index contributed by atoms with van der Waals surface area (Å²) in [7, 11) is 2.13. The van der Waals surface area contributed by atoms with Crippen LogP contribution in [-0.2, 0) is 4.74 Å². The zero-order valence-electron chi connectivity index (χ0n) is 8.46. The molecular weight excluding hydrogens is 166 g/mol. The van der Waals surface area contributed by atoms with Crippen LogP contribution in [0.3, 0.4) is 0 Å². The van der Waals surface area contributed by atoms with E-state index in [1.165, 1.54) is 0 Å². The molecule has 0 bridgehead atoms. The van der Waals surface area contributed by atoms with Gasteiger partial charge in [-0.15, -0.1) is 0 Å². The van der Waals surface area contributed by atoms with Crippen LogP contribution in [0.5, 0.6) is 0 Å². The molecule has 78 valence electrons. The van der Waals surface area contributed by atoms with Gasteiger partial charge in [0.05, 0.1) is 12.7 Å². The van der Waals surface area contributed by atoms with E-state index in [0.717, 1.165) is 45.8 Å². The standard InChI is InChI=1S/C9H21N3O/c1-12-5-6-13-9(8-12)7-11-4-2-3-10/h9,11H,2-8,10H2,1H3. The molecule has 0 aromatic rings. The van der Waals surface area contributed by atoms with Crippen LogP contribution < -0.4 is 11.1 Å². The van der Waals surface area contributed by atoms with Crippen molar-refractivity contribution >= 4 is 0 Å². The van der Waals surface area contributed by atoms with Crippen LogP contribution in [0.15, 0.2) is 0 Å². The Balaban J connectivity index is 2.00. The van der Waals surface area contributed by atoms with Gasteiger partial charge in [0.15, 0.2) is 0 Å². The fraction of sp³-hybridized carbons (Fsp3) is 1.00. The summed E-state index contributed by atoms with van der Waals surface area (Å²) in [6.07, 6.45) is 1.40. The number of likely N-dealkylation sites (N-methyl/N-ethyl adjacent to an activating group) is 1. The average molecular weight is 187 g/mol. The quantitative estimate of drug-likeness (QED) is 0.556. The first-order chi connectivity index (χ1) is 6.33. The molecule has 1 heterocycles. The molecule has 0 spiro atoms. The minimum atomic E-state index is 0.358. The van der Waals surface area contributed by atoms with E-state index in [-0.39, 0.29) is 0 Å². The highest BCUT2D eigenvalue weighted by Gasteiger charge is 2.16. The van der Waals surface area contributed by atoms with Gasteiger partial charge >= 0.3 is 0 Å². The highest BCUT2D eigenvalue weighted by molar-refractivity contribution is 4.70. The number of morpholine rings is 1. The highest BCUT2D eigenvalue weighted by atomic mass is 16.5. The molecule has 4 nitrogen and oxygen atoms in total. The summed E-state index contributed by atoms with van der Waals surface area (Å²) in [6, 6.07) is 0. The molecular formula is C9H21N3O. The van der Waals surface area contributed by atoms with Crippen LogP contribution in [0, 0.1) is 0 Å². The fourth-order valence-corrected chi connectivity index (χ4v) is 1.48. The Morgan fingerprint density at radius 3 is 3.15 bits per heavy atom. The monoisotopic (exact) mass is 187 g/mol. The van der Waals surface area contributed by atoms with E-state index in [0.29, 0.717) is 6.10 Å². The van der Waals surface area contributed by atoms with Gasteiger partial charge in [0, 0.05) is 19.6 Å². The van der Waals surface area contributed by atoms with Gasteiger partial charge in [-0.1, -0.05) is 0 Å². The molecule has 1 rings (SSSR count). The van der Waals surface area contributed by atoms with Crippen LogP contribution in [0.1, 0.15) is 6.42 Å². The van der Waals surface area contributed by atoms with E-state index in [1.54, 1.807) is 0 Å². The molecule has 1 saturated heterocycles. The van der Waals surface area contributed by atoms with Gasteiger partial charge in [-0.2, -0.15) is 0 Å². The lowest BCUT2D eigenvalue weighted by molar-refractivity contribution is -0.0179. The molecule has 0 amide bonds. The van der Waals surface area contributed by atoms with Gasteiger partial charge in [-0.3, -0.25) is 0 Å². The van der Waals surface area contributed by atoms with Crippen LogP contribution in [0.25, 0.3) is 0 Å². The Morgan fingerprint density at radius 2 is 2.46 bits per heavy atom. The third-order valence-corrected chi connectivity index (χ3v) is 2.27. The van der Waals surface area contributed by atoms with Gasteiger partial charge in [-0.25, -0.2) is 0 Å². The van der Waals surface area contributed by atoms with Gasteiger partial charge in [0.25, 0.3) is 0 Å². The summed E-state index contributed by atoms with van der Waals surface area (Å²) in [6.45, 7) is 5.66. The smallest absolute Gasteiger partial charge is 0.0826 e. The van der Waals surface area contributed by atoms with Gasteiger partial charge in [-0.05, 0) is 26.6 Å². The van der Waals surface area contributed by atoms with E-state index in [4.69, 9.17) is 10.5 Å². The first kappa shape index (κ1) is 10.9. The van der Waals surface area contributed by atoms with Crippen molar-refractivity contribution in [2.45, 2.75) is 12.5 Å². The lowest BCUT2D eigenvalue weighted by Gasteiger charge is -2.30. The first-order valence-electron chi connectivity index (χ1n) is 5.04. The molecule has 0 aromatic carbocycles. The lowest BCUT2D eigenvalue weighted by Crippen LogP contribution is -2.45. The van der Waals surface area contributed by atoms with Crippen molar-refractivity contribution in [2.24, 2.45) is 5.73 Å². The Hall–Kier alpha value is -0.160. The fourth-order valence-electron chi connectivity index (χ4n) is 1.48. The Kier molecular flexibility index (Phi) is 5.31. The molecule has 0 radical (unpaired) electrons. The predicted octanol–water partition coefficient (Wildman–Crippen LogP) is -0.745. The Bertz CT molecular complexity index is 132. The second kappa shape index (κ2) is 6.32. The maximum Gasteiger partial charge on any atom is 0.0826 e. The number of nitrogens with zero attached hydrogens (tertiary/aromatic N) is 1.